The molecule has 20 heavy (non-hydrogen) atoms. The third kappa shape index (κ3) is 2.70. The number of nitrogens with one attached hydrogen (secondary N) is 2. The van der Waals surface area contributed by atoms with Crippen molar-refractivity contribution in [2.24, 2.45) is 0 Å². The van der Waals surface area contributed by atoms with E-state index < -0.39 is 0 Å². The Morgan fingerprint density at radius 1 is 1.10 bits per heavy atom. The Hall–Kier alpha value is -2.20. The van der Waals surface area contributed by atoms with Crippen LogP contribution in [-0.2, 0) is 13.0 Å². The number of anilines is 1. The number of benzene rings is 2. The summed E-state index contributed by atoms with van der Waals surface area (Å²) in [5.41, 5.74) is 3.75. The van der Waals surface area contributed by atoms with Crippen LogP contribution in [0.25, 0.3) is 0 Å². The molecule has 1 amide bonds. The Morgan fingerprint density at radius 3 is 2.70 bits per heavy atom. The first kappa shape index (κ1) is 12.8. The standard InChI is InChI=1S/C16H15FN2O/c17-14-4-1-12(2-5-14)16(20)19-15-6-3-11-7-8-18-10-13(11)9-15/h1-6,9,18H,7-8,10H2,(H,19,20). The molecule has 3 nitrogen and oxygen atoms in total. The molecule has 102 valence electrons. The fourth-order valence-corrected chi connectivity index (χ4v) is 2.36. The van der Waals surface area contributed by atoms with E-state index in [1.807, 2.05) is 12.1 Å². The highest BCUT2D eigenvalue weighted by Gasteiger charge is 2.11. The zero-order valence-electron chi connectivity index (χ0n) is 10.9. The zero-order valence-corrected chi connectivity index (χ0v) is 10.9. The van der Waals surface area contributed by atoms with Gasteiger partial charge in [-0.2, -0.15) is 0 Å². The molecule has 2 N–H and O–H groups in total. The highest BCUT2D eigenvalue weighted by atomic mass is 19.1. The highest BCUT2D eigenvalue weighted by Crippen LogP contribution is 2.19. The number of hydrogen-bond donors (Lipinski definition) is 2. The minimum Gasteiger partial charge on any atom is -0.322 e. The van der Waals surface area contributed by atoms with Crippen LogP contribution in [-0.4, -0.2) is 12.5 Å². The summed E-state index contributed by atoms with van der Waals surface area (Å²) in [7, 11) is 0. The lowest BCUT2D eigenvalue weighted by atomic mass is 10.0. The molecule has 3 rings (SSSR count). The van der Waals surface area contributed by atoms with Crippen LogP contribution in [0.1, 0.15) is 21.5 Å². The van der Waals surface area contributed by atoms with Gasteiger partial charge in [-0.05, 0) is 60.5 Å². The normalized spacial score (nSPS) is 13.7. The maximum Gasteiger partial charge on any atom is 0.255 e. The Morgan fingerprint density at radius 2 is 1.90 bits per heavy atom. The van der Waals surface area contributed by atoms with Crippen molar-refractivity contribution in [3.8, 4) is 0 Å². The number of amides is 1. The fraction of sp³-hybridized carbons (Fsp3) is 0.188. The minimum atomic E-state index is -0.346. The lowest BCUT2D eigenvalue weighted by Crippen LogP contribution is -2.23. The maximum absolute atomic E-state index is 12.8. The SMILES string of the molecule is O=C(Nc1ccc2c(c1)CNCC2)c1ccc(F)cc1. The second kappa shape index (κ2) is 5.43. The molecule has 4 heteroatoms. The first-order valence-corrected chi connectivity index (χ1v) is 6.62. The molecule has 0 aliphatic carbocycles. The second-order valence-corrected chi connectivity index (χ2v) is 4.87. The van der Waals surface area contributed by atoms with Gasteiger partial charge in [0.25, 0.3) is 5.91 Å². The van der Waals surface area contributed by atoms with Crippen LogP contribution < -0.4 is 10.6 Å². The molecule has 2 aromatic carbocycles. The fourth-order valence-electron chi connectivity index (χ4n) is 2.36. The van der Waals surface area contributed by atoms with E-state index in [2.05, 4.69) is 16.7 Å². The van der Waals surface area contributed by atoms with E-state index in [1.54, 1.807) is 0 Å². The van der Waals surface area contributed by atoms with E-state index >= 15 is 0 Å². The Labute approximate surface area is 116 Å². The number of carbonyl (C=O) groups excluding carboxylic acids is 1. The van der Waals surface area contributed by atoms with Gasteiger partial charge < -0.3 is 10.6 Å². The molecule has 0 spiro atoms. The summed E-state index contributed by atoms with van der Waals surface area (Å²) in [6.07, 6.45) is 1.02. The van der Waals surface area contributed by atoms with Crippen LogP contribution in [0.4, 0.5) is 10.1 Å². The summed E-state index contributed by atoms with van der Waals surface area (Å²) in [5.74, 6) is -0.574. The van der Waals surface area contributed by atoms with E-state index in [0.29, 0.717) is 5.56 Å². The van der Waals surface area contributed by atoms with Crippen LogP contribution in [0.3, 0.4) is 0 Å². The summed E-state index contributed by atoms with van der Waals surface area (Å²) >= 11 is 0. The van der Waals surface area contributed by atoms with E-state index in [9.17, 15) is 9.18 Å². The molecular formula is C16H15FN2O. The number of carbonyl (C=O) groups is 1. The van der Waals surface area contributed by atoms with Crippen molar-refractivity contribution in [1.29, 1.82) is 0 Å². The van der Waals surface area contributed by atoms with Gasteiger partial charge in [-0.1, -0.05) is 6.07 Å². The summed E-state index contributed by atoms with van der Waals surface area (Å²) in [4.78, 5) is 12.0. The van der Waals surface area contributed by atoms with Crippen molar-refractivity contribution in [3.63, 3.8) is 0 Å². The van der Waals surface area contributed by atoms with Crippen LogP contribution in [0.5, 0.6) is 0 Å². The lowest BCUT2D eigenvalue weighted by molar-refractivity contribution is 0.102. The van der Waals surface area contributed by atoms with Gasteiger partial charge in [0.2, 0.25) is 0 Å². The van der Waals surface area contributed by atoms with Crippen molar-refractivity contribution in [1.82, 2.24) is 5.32 Å². The topological polar surface area (TPSA) is 41.1 Å². The molecule has 2 aromatic rings. The number of halogens is 1. The first-order valence-electron chi connectivity index (χ1n) is 6.62. The third-order valence-electron chi connectivity index (χ3n) is 3.46. The van der Waals surface area contributed by atoms with Crippen molar-refractivity contribution in [3.05, 3.63) is 65.0 Å². The van der Waals surface area contributed by atoms with Gasteiger partial charge in [-0.15, -0.1) is 0 Å². The van der Waals surface area contributed by atoms with Gasteiger partial charge in [-0.3, -0.25) is 4.79 Å². The number of hydrogen-bond acceptors (Lipinski definition) is 2. The molecule has 0 radical (unpaired) electrons. The van der Waals surface area contributed by atoms with Crippen LogP contribution in [0.2, 0.25) is 0 Å². The molecule has 0 bridgehead atoms. The van der Waals surface area contributed by atoms with Gasteiger partial charge in [0, 0.05) is 17.8 Å². The average Bonchev–Trinajstić information content (AvgIpc) is 2.48. The van der Waals surface area contributed by atoms with Gasteiger partial charge in [0.05, 0.1) is 0 Å². The molecule has 1 heterocycles. The first-order chi connectivity index (χ1) is 9.72. The lowest BCUT2D eigenvalue weighted by Gasteiger charge is -2.18. The monoisotopic (exact) mass is 270 g/mol. The van der Waals surface area contributed by atoms with Crippen LogP contribution >= 0.6 is 0 Å². The van der Waals surface area contributed by atoms with Gasteiger partial charge in [0.1, 0.15) is 5.82 Å². The Balaban J connectivity index is 1.77. The van der Waals surface area contributed by atoms with Crippen molar-refractivity contribution >= 4 is 11.6 Å². The second-order valence-electron chi connectivity index (χ2n) is 4.87. The van der Waals surface area contributed by atoms with Crippen molar-refractivity contribution in [2.75, 3.05) is 11.9 Å². The van der Waals surface area contributed by atoms with Gasteiger partial charge in [-0.25, -0.2) is 4.39 Å². The van der Waals surface area contributed by atoms with E-state index in [1.165, 1.54) is 35.4 Å². The molecular weight excluding hydrogens is 255 g/mol. The molecule has 0 fully saturated rings. The molecule has 1 aliphatic heterocycles. The minimum absolute atomic E-state index is 0.228. The Bertz CT molecular complexity index is 637. The molecule has 0 saturated heterocycles. The van der Waals surface area contributed by atoms with E-state index in [4.69, 9.17) is 0 Å². The highest BCUT2D eigenvalue weighted by molar-refractivity contribution is 6.04. The van der Waals surface area contributed by atoms with Crippen molar-refractivity contribution < 1.29 is 9.18 Å². The zero-order chi connectivity index (χ0) is 13.9. The van der Waals surface area contributed by atoms with E-state index in [0.717, 1.165) is 25.2 Å². The number of fused-ring (bicyclic) bond motifs is 1. The van der Waals surface area contributed by atoms with E-state index in [-0.39, 0.29) is 11.7 Å². The molecule has 1 aliphatic rings. The van der Waals surface area contributed by atoms with Crippen LogP contribution in [0, 0.1) is 5.82 Å². The number of rotatable bonds is 2. The molecule has 0 aromatic heterocycles. The van der Waals surface area contributed by atoms with Crippen LogP contribution in [0.15, 0.2) is 42.5 Å². The largest absolute Gasteiger partial charge is 0.322 e. The third-order valence-corrected chi connectivity index (χ3v) is 3.46. The average molecular weight is 270 g/mol. The molecule has 0 atom stereocenters. The van der Waals surface area contributed by atoms with Crippen molar-refractivity contribution in [2.45, 2.75) is 13.0 Å². The van der Waals surface area contributed by atoms with Gasteiger partial charge in [0.15, 0.2) is 0 Å². The maximum atomic E-state index is 12.8. The smallest absolute Gasteiger partial charge is 0.255 e. The van der Waals surface area contributed by atoms with Gasteiger partial charge >= 0.3 is 0 Å². The summed E-state index contributed by atoms with van der Waals surface area (Å²) in [5, 5.41) is 6.14. The predicted octanol–water partition coefficient (Wildman–Crippen LogP) is 2.72. The molecule has 0 saturated carbocycles. The Kier molecular flexibility index (Phi) is 3.48. The summed E-state index contributed by atoms with van der Waals surface area (Å²) < 4.78 is 12.8. The summed E-state index contributed by atoms with van der Waals surface area (Å²) in [6, 6.07) is 11.5. The summed E-state index contributed by atoms with van der Waals surface area (Å²) in [6.45, 7) is 1.82. The quantitative estimate of drug-likeness (QED) is 0.881. The molecule has 0 unspecified atom stereocenters. The predicted molar refractivity (Wildman–Crippen MR) is 76.2 cm³/mol.